The van der Waals surface area contributed by atoms with Crippen LogP contribution >= 0.6 is 0 Å². The van der Waals surface area contributed by atoms with E-state index < -0.39 is 0 Å². The molecule has 5 heteroatoms. The van der Waals surface area contributed by atoms with Crippen LogP contribution < -0.4 is 14.8 Å². The van der Waals surface area contributed by atoms with E-state index in [2.05, 4.69) is 5.32 Å². The van der Waals surface area contributed by atoms with E-state index in [4.69, 9.17) is 14.2 Å². The molecule has 1 aromatic carbocycles. The second kappa shape index (κ2) is 7.31. The minimum Gasteiger partial charge on any atom is -0.493 e. The average molecular weight is 293 g/mol. The highest BCUT2D eigenvalue weighted by atomic mass is 16.5. The quantitative estimate of drug-likeness (QED) is 0.903. The van der Waals surface area contributed by atoms with Gasteiger partial charge in [-0.25, -0.2) is 0 Å². The standard InChI is InChI=1S/C16H23NO4/c1-11-13(5-4-8-21-11)16(18)17-10-12-6-7-14(19-2)15(9-12)20-3/h6-7,9,11,13H,4-5,8,10H2,1-3H3,(H,17,18)/t11-,13-/m1/s1. The van der Waals surface area contributed by atoms with E-state index in [-0.39, 0.29) is 17.9 Å². The van der Waals surface area contributed by atoms with Gasteiger partial charge in [0.05, 0.1) is 26.2 Å². The van der Waals surface area contributed by atoms with Crippen molar-refractivity contribution in [2.24, 2.45) is 5.92 Å². The first-order chi connectivity index (χ1) is 10.2. The van der Waals surface area contributed by atoms with E-state index in [0.29, 0.717) is 18.0 Å². The number of carbonyl (C=O) groups is 1. The largest absolute Gasteiger partial charge is 0.493 e. The van der Waals surface area contributed by atoms with Gasteiger partial charge in [0.15, 0.2) is 11.5 Å². The lowest BCUT2D eigenvalue weighted by Crippen LogP contribution is -2.39. The van der Waals surface area contributed by atoms with E-state index in [0.717, 1.165) is 25.0 Å². The Balaban J connectivity index is 1.94. The van der Waals surface area contributed by atoms with Gasteiger partial charge in [-0.15, -0.1) is 0 Å². The molecule has 2 rings (SSSR count). The van der Waals surface area contributed by atoms with E-state index in [9.17, 15) is 4.79 Å². The normalized spacial score (nSPS) is 21.7. The van der Waals surface area contributed by atoms with Crippen LogP contribution in [0.25, 0.3) is 0 Å². The fourth-order valence-electron chi connectivity index (χ4n) is 2.58. The molecule has 1 aromatic rings. The molecule has 0 spiro atoms. The Labute approximate surface area is 125 Å². The molecule has 1 amide bonds. The predicted octanol–water partition coefficient (Wildman–Crippen LogP) is 2.14. The zero-order valence-electron chi connectivity index (χ0n) is 12.8. The van der Waals surface area contributed by atoms with Crippen molar-refractivity contribution in [1.29, 1.82) is 0 Å². The molecule has 1 aliphatic heterocycles. The molecule has 1 saturated heterocycles. The number of hydrogen-bond acceptors (Lipinski definition) is 4. The van der Waals surface area contributed by atoms with Crippen molar-refractivity contribution in [2.75, 3.05) is 20.8 Å². The van der Waals surface area contributed by atoms with Crippen molar-refractivity contribution < 1.29 is 19.0 Å². The Morgan fingerprint density at radius 2 is 2.10 bits per heavy atom. The Kier molecular flexibility index (Phi) is 5.44. The number of nitrogens with one attached hydrogen (secondary N) is 1. The molecule has 0 aliphatic carbocycles. The molecular formula is C16H23NO4. The summed E-state index contributed by atoms with van der Waals surface area (Å²) in [5.74, 6) is 1.34. The minimum absolute atomic E-state index is 0.0100. The van der Waals surface area contributed by atoms with E-state index >= 15 is 0 Å². The molecule has 1 heterocycles. The van der Waals surface area contributed by atoms with Gasteiger partial charge in [0.1, 0.15) is 0 Å². The van der Waals surface area contributed by atoms with Crippen molar-refractivity contribution in [2.45, 2.75) is 32.4 Å². The zero-order valence-corrected chi connectivity index (χ0v) is 12.8. The highest BCUT2D eigenvalue weighted by molar-refractivity contribution is 5.79. The summed E-state index contributed by atoms with van der Waals surface area (Å²) in [5.41, 5.74) is 0.977. The molecule has 2 atom stereocenters. The topological polar surface area (TPSA) is 56.8 Å². The van der Waals surface area contributed by atoms with Crippen LogP contribution in [0.2, 0.25) is 0 Å². The molecule has 1 aliphatic rings. The van der Waals surface area contributed by atoms with Gasteiger partial charge in [-0.1, -0.05) is 6.07 Å². The molecule has 1 fully saturated rings. The lowest BCUT2D eigenvalue weighted by Gasteiger charge is -2.28. The summed E-state index contributed by atoms with van der Waals surface area (Å²) < 4.78 is 16.0. The molecule has 5 nitrogen and oxygen atoms in total. The van der Waals surface area contributed by atoms with Crippen molar-refractivity contribution in [3.63, 3.8) is 0 Å². The second-order valence-corrected chi connectivity index (χ2v) is 5.23. The molecule has 0 bridgehead atoms. The highest BCUT2D eigenvalue weighted by Gasteiger charge is 2.28. The highest BCUT2D eigenvalue weighted by Crippen LogP contribution is 2.27. The number of rotatable bonds is 5. The maximum absolute atomic E-state index is 12.2. The molecular weight excluding hydrogens is 270 g/mol. The number of methoxy groups -OCH3 is 2. The lowest BCUT2D eigenvalue weighted by atomic mass is 9.94. The van der Waals surface area contributed by atoms with Gasteiger partial charge < -0.3 is 19.5 Å². The van der Waals surface area contributed by atoms with E-state index in [1.165, 1.54) is 0 Å². The molecule has 21 heavy (non-hydrogen) atoms. The van der Waals surface area contributed by atoms with Crippen LogP contribution in [0, 0.1) is 5.92 Å². The minimum atomic E-state index is -0.0566. The van der Waals surface area contributed by atoms with Crippen LogP contribution in [0.15, 0.2) is 18.2 Å². The smallest absolute Gasteiger partial charge is 0.225 e. The molecule has 0 aromatic heterocycles. The number of carbonyl (C=O) groups excluding carboxylic acids is 1. The summed E-state index contributed by atoms with van der Waals surface area (Å²) in [5, 5.41) is 2.97. The van der Waals surface area contributed by atoms with E-state index in [1.54, 1.807) is 14.2 Å². The predicted molar refractivity (Wildman–Crippen MR) is 79.5 cm³/mol. The number of ether oxygens (including phenoxy) is 3. The number of amides is 1. The summed E-state index contributed by atoms with van der Waals surface area (Å²) in [4.78, 5) is 12.2. The summed E-state index contributed by atoms with van der Waals surface area (Å²) in [6, 6.07) is 5.63. The van der Waals surface area contributed by atoms with Crippen LogP contribution in [-0.2, 0) is 16.1 Å². The van der Waals surface area contributed by atoms with Gasteiger partial charge in [-0.05, 0) is 37.5 Å². The van der Waals surface area contributed by atoms with Gasteiger partial charge in [0.25, 0.3) is 0 Å². The summed E-state index contributed by atoms with van der Waals surface area (Å²) in [6.07, 6.45) is 1.82. The number of hydrogen-bond donors (Lipinski definition) is 1. The Bertz CT molecular complexity index is 489. The van der Waals surface area contributed by atoms with Crippen LogP contribution in [-0.4, -0.2) is 32.8 Å². The first-order valence-corrected chi connectivity index (χ1v) is 7.26. The van der Waals surface area contributed by atoms with Crippen LogP contribution in [0.4, 0.5) is 0 Å². The maximum Gasteiger partial charge on any atom is 0.225 e. The van der Waals surface area contributed by atoms with Crippen LogP contribution in [0.1, 0.15) is 25.3 Å². The third-order valence-corrected chi connectivity index (χ3v) is 3.86. The van der Waals surface area contributed by atoms with Crippen molar-refractivity contribution >= 4 is 5.91 Å². The van der Waals surface area contributed by atoms with E-state index in [1.807, 2.05) is 25.1 Å². The van der Waals surface area contributed by atoms with Gasteiger partial charge in [-0.3, -0.25) is 4.79 Å². The Hall–Kier alpha value is -1.75. The Morgan fingerprint density at radius 3 is 2.76 bits per heavy atom. The Morgan fingerprint density at radius 1 is 1.33 bits per heavy atom. The van der Waals surface area contributed by atoms with Crippen molar-refractivity contribution in [3.05, 3.63) is 23.8 Å². The third-order valence-electron chi connectivity index (χ3n) is 3.86. The molecule has 0 radical (unpaired) electrons. The second-order valence-electron chi connectivity index (χ2n) is 5.23. The third kappa shape index (κ3) is 3.88. The molecule has 116 valence electrons. The van der Waals surface area contributed by atoms with Crippen molar-refractivity contribution in [1.82, 2.24) is 5.32 Å². The summed E-state index contributed by atoms with van der Waals surface area (Å²) >= 11 is 0. The maximum atomic E-state index is 12.2. The van der Waals surface area contributed by atoms with Gasteiger partial charge >= 0.3 is 0 Å². The molecule has 0 unspecified atom stereocenters. The SMILES string of the molecule is COc1ccc(CNC(=O)[C@@H]2CCCO[C@@H]2C)cc1OC. The van der Waals surface area contributed by atoms with Gasteiger partial charge in [0, 0.05) is 13.2 Å². The first-order valence-electron chi connectivity index (χ1n) is 7.26. The zero-order chi connectivity index (χ0) is 15.2. The van der Waals surface area contributed by atoms with Crippen molar-refractivity contribution in [3.8, 4) is 11.5 Å². The molecule has 1 N–H and O–H groups in total. The molecule has 0 saturated carbocycles. The monoisotopic (exact) mass is 293 g/mol. The van der Waals surface area contributed by atoms with Crippen LogP contribution in [0.3, 0.4) is 0 Å². The summed E-state index contributed by atoms with van der Waals surface area (Å²) in [6.45, 7) is 3.18. The van der Waals surface area contributed by atoms with Crippen LogP contribution in [0.5, 0.6) is 11.5 Å². The lowest BCUT2D eigenvalue weighted by molar-refractivity contribution is -0.133. The average Bonchev–Trinajstić information content (AvgIpc) is 2.52. The summed E-state index contributed by atoms with van der Waals surface area (Å²) in [7, 11) is 3.20. The number of benzene rings is 1. The van der Waals surface area contributed by atoms with Gasteiger partial charge in [0.2, 0.25) is 5.91 Å². The van der Waals surface area contributed by atoms with Gasteiger partial charge in [-0.2, -0.15) is 0 Å². The first kappa shape index (κ1) is 15.6. The fraction of sp³-hybridized carbons (Fsp3) is 0.562. The fourth-order valence-corrected chi connectivity index (χ4v) is 2.58.